The lowest BCUT2D eigenvalue weighted by molar-refractivity contribution is -0.134. The molecule has 1 amide bonds. The fourth-order valence-corrected chi connectivity index (χ4v) is 3.85. The fourth-order valence-electron chi connectivity index (χ4n) is 3.73. The molecule has 3 rings (SSSR count). The molecule has 182 valence electrons. The lowest BCUT2D eigenvalue weighted by Crippen LogP contribution is -2.40. The third kappa shape index (κ3) is 9.77. The van der Waals surface area contributed by atoms with Gasteiger partial charge in [0.15, 0.2) is 0 Å². The number of anilines is 1. The SMILES string of the molecule is CCC(=O)N(CC1CCN(Cc2ccc(Cl)cc2)CC1)c1ccccc1.O=C(O)/C=C/C(=O)O. The van der Waals surface area contributed by atoms with Crippen molar-refractivity contribution in [2.24, 2.45) is 5.92 Å². The van der Waals surface area contributed by atoms with Crippen molar-refractivity contribution >= 4 is 35.1 Å². The minimum absolute atomic E-state index is 0.208. The summed E-state index contributed by atoms with van der Waals surface area (Å²) in [5, 5.41) is 16.4. The summed E-state index contributed by atoms with van der Waals surface area (Å²) in [7, 11) is 0. The molecule has 0 atom stereocenters. The van der Waals surface area contributed by atoms with Crippen molar-refractivity contribution in [3.05, 3.63) is 77.3 Å². The van der Waals surface area contributed by atoms with Gasteiger partial charge in [0.05, 0.1) is 0 Å². The van der Waals surface area contributed by atoms with Crippen molar-refractivity contribution in [1.82, 2.24) is 4.90 Å². The van der Waals surface area contributed by atoms with Crippen LogP contribution >= 0.6 is 11.6 Å². The molecule has 1 fully saturated rings. The molecular weight excluding hydrogens is 456 g/mol. The van der Waals surface area contributed by atoms with Crippen molar-refractivity contribution in [3.8, 4) is 0 Å². The molecule has 0 saturated carbocycles. The maximum absolute atomic E-state index is 12.4. The van der Waals surface area contributed by atoms with E-state index in [0.717, 1.165) is 49.7 Å². The van der Waals surface area contributed by atoms with Crippen LogP contribution in [0.4, 0.5) is 5.69 Å². The number of carboxylic acids is 2. The Kier molecular flexibility index (Phi) is 11.3. The van der Waals surface area contributed by atoms with E-state index >= 15 is 0 Å². The highest BCUT2D eigenvalue weighted by Gasteiger charge is 2.24. The third-order valence-electron chi connectivity index (χ3n) is 5.51. The number of para-hydroxylation sites is 1. The normalized spacial score (nSPS) is 14.3. The monoisotopic (exact) mass is 486 g/mol. The van der Waals surface area contributed by atoms with Gasteiger partial charge in [-0.1, -0.05) is 48.9 Å². The highest BCUT2D eigenvalue weighted by Crippen LogP contribution is 2.24. The number of carbonyl (C=O) groups excluding carboxylic acids is 1. The number of aliphatic carboxylic acids is 2. The summed E-state index contributed by atoms with van der Waals surface area (Å²) in [5.41, 5.74) is 2.32. The molecule has 7 nitrogen and oxygen atoms in total. The molecule has 0 aliphatic carbocycles. The Labute approximate surface area is 205 Å². The molecule has 0 bridgehead atoms. The van der Waals surface area contributed by atoms with E-state index in [0.29, 0.717) is 24.5 Å². The van der Waals surface area contributed by atoms with E-state index in [4.69, 9.17) is 21.8 Å². The maximum atomic E-state index is 12.4. The van der Waals surface area contributed by atoms with Crippen molar-refractivity contribution in [3.63, 3.8) is 0 Å². The molecule has 8 heteroatoms. The highest BCUT2D eigenvalue weighted by atomic mass is 35.5. The van der Waals surface area contributed by atoms with Gasteiger partial charge >= 0.3 is 11.9 Å². The minimum atomic E-state index is -1.26. The van der Waals surface area contributed by atoms with Crippen LogP contribution < -0.4 is 4.90 Å². The van der Waals surface area contributed by atoms with Crippen LogP contribution in [0, 0.1) is 5.92 Å². The van der Waals surface area contributed by atoms with Crippen molar-refractivity contribution in [2.45, 2.75) is 32.7 Å². The number of piperidine rings is 1. The number of amides is 1. The van der Waals surface area contributed by atoms with E-state index in [1.54, 1.807) is 0 Å². The van der Waals surface area contributed by atoms with Gasteiger partial charge in [0.25, 0.3) is 0 Å². The topological polar surface area (TPSA) is 98.2 Å². The number of hydrogen-bond donors (Lipinski definition) is 2. The van der Waals surface area contributed by atoms with Gasteiger partial charge in [-0.05, 0) is 61.7 Å². The predicted molar refractivity (Wildman–Crippen MR) is 133 cm³/mol. The number of rotatable bonds is 8. The lowest BCUT2D eigenvalue weighted by Gasteiger charge is -2.35. The Hall–Kier alpha value is -3.16. The smallest absolute Gasteiger partial charge is 0.328 e. The Morgan fingerprint density at radius 2 is 1.53 bits per heavy atom. The molecule has 1 aliphatic heterocycles. The first-order valence-corrected chi connectivity index (χ1v) is 11.6. The average molecular weight is 487 g/mol. The first-order valence-electron chi connectivity index (χ1n) is 11.2. The van der Waals surface area contributed by atoms with Crippen LogP contribution in [0.5, 0.6) is 0 Å². The molecule has 0 aromatic heterocycles. The molecule has 0 unspecified atom stereocenters. The molecule has 2 N–H and O–H groups in total. The standard InChI is InChI=1S/C22H27ClN2O.C4H4O4/c1-2-22(26)25(21-6-4-3-5-7-21)17-19-12-14-24(15-13-19)16-18-8-10-20(23)11-9-18;5-3(6)1-2-4(7)8/h3-11,19H,2,12-17H2,1H3;1-2H,(H,5,6)(H,7,8)/b;2-1+. The number of carboxylic acid groups (broad SMARTS) is 2. The van der Waals surface area contributed by atoms with Crippen LogP contribution in [0.1, 0.15) is 31.7 Å². The van der Waals surface area contributed by atoms with E-state index in [-0.39, 0.29) is 5.91 Å². The lowest BCUT2D eigenvalue weighted by atomic mass is 9.95. The number of halogens is 1. The Morgan fingerprint density at radius 1 is 0.971 bits per heavy atom. The van der Waals surface area contributed by atoms with E-state index in [9.17, 15) is 14.4 Å². The van der Waals surface area contributed by atoms with Crippen molar-refractivity contribution in [1.29, 1.82) is 0 Å². The van der Waals surface area contributed by atoms with E-state index < -0.39 is 11.9 Å². The first-order chi connectivity index (χ1) is 16.3. The van der Waals surface area contributed by atoms with Gasteiger partial charge in [0, 0.05) is 42.4 Å². The number of nitrogens with zero attached hydrogens (tertiary/aromatic N) is 2. The number of likely N-dealkylation sites (tertiary alicyclic amines) is 1. The van der Waals surface area contributed by atoms with Crippen molar-refractivity contribution < 1.29 is 24.6 Å². The Morgan fingerprint density at radius 3 is 2.03 bits per heavy atom. The molecular formula is C26H31ClN2O5. The van der Waals surface area contributed by atoms with Crippen LogP contribution in [0.3, 0.4) is 0 Å². The second kappa shape index (κ2) is 14.2. The summed E-state index contributed by atoms with van der Waals surface area (Å²) < 4.78 is 0. The number of hydrogen-bond acceptors (Lipinski definition) is 4. The molecule has 1 heterocycles. The largest absolute Gasteiger partial charge is 0.478 e. The number of carbonyl (C=O) groups is 3. The third-order valence-corrected chi connectivity index (χ3v) is 5.76. The molecule has 2 aromatic rings. The highest BCUT2D eigenvalue weighted by molar-refractivity contribution is 6.30. The van der Waals surface area contributed by atoms with Gasteiger partial charge in [-0.25, -0.2) is 9.59 Å². The average Bonchev–Trinajstić information content (AvgIpc) is 2.84. The minimum Gasteiger partial charge on any atom is -0.478 e. The van der Waals surface area contributed by atoms with E-state index in [1.807, 2.05) is 54.3 Å². The number of benzene rings is 2. The van der Waals surface area contributed by atoms with Gasteiger partial charge in [-0.3, -0.25) is 9.69 Å². The van der Waals surface area contributed by atoms with Gasteiger partial charge in [-0.2, -0.15) is 0 Å². The molecule has 34 heavy (non-hydrogen) atoms. The van der Waals surface area contributed by atoms with Crippen LogP contribution in [0.15, 0.2) is 66.7 Å². The first kappa shape index (κ1) is 27.1. The van der Waals surface area contributed by atoms with E-state index in [1.165, 1.54) is 5.56 Å². The summed E-state index contributed by atoms with van der Waals surface area (Å²) in [5.74, 6) is -1.74. The fraction of sp³-hybridized carbons (Fsp3) is 0.346. The predicted octanol–water partition coefficient (Wildman–Crippen LogP) is 4.71. The Bertz CT molecular complexity index is 939. The molecule has 0 spiro atoms. The van der Waals surface area contributed by atoms with Crippen LogP contribution in [0.2, 0.25) is 5.02 Å². The second-order valence-corrected chi connectivity index (χ2v) is 8.49. The molecule has 0 radical (unpaired) electrons. The zero-order chi connectivity index (χ0) is 24.9. The maximum Gasteiger partial charge on any atom is 0.328 e. The summed E-state index contributed by atoms with van der Waals surface area (Å²) in [6.07, 6.45) is 3.93. The van der Waals surface area contributed by atoms with Crippen LogP contribution in [-0.2, 0) is 20.9 Å². The Balaban J connectivity index is 0.000000440. The van der Waals surface area contributed by atoms with Crippen LogP contribution in [0.25, 0.3) is 0 Å². The summed E-state index contributed by atoms with van der Waals surface area (Å²) in [6, 6.07) is 18.2. The second-order valence-electron chi connectivity index (χ2n) is 8.05. The van der Waals surface area contributed by atoms with Gasteiger partial charge < -0.3 is 15.1 Å². The summed E-state index contributed by atoms with van der Waals surface area (Å²) in [4.78, 5) is 36.0. The van der Waals surface area contributed by atoms with Gasteiger partial charge in [0.2, 0.25) is 5.91 Å². The van der Waals surface area contributed by atoms with Gasteiger partial charge in [-0.15, -0.1) is 0 Å². The quantitative estimate of drug-likeness (QED) is 0.524. The molecule has 1 aliphatic rings. The van der Waals surface area contributed by atoms with E-state index in [2.05, 4.69) is 17.0 Å². The summed E-state index contributed by atoms with van der Waals surface area (Å²) >= 11 is 5.96. The molecule has 1 saturated heterocycles. The van der Waals surface area contributed by atoms with Crippen molar-refractivity contribution in [2.75, 3.05) is 24.5 Å². The summed E-state index contributed by atoms with van der Waals surface area (Å²) in [6.45, 7) is 5.89. The van der Waals surface area contributed by atoms with Crippen LogP contribution in [-0.4, -0.2) is 52.6 Å². The van der Waals surface area contributed by atoms with Gasteiger partial charge in [0.1, 0.15) is 0 Å². The molecule has 2 aromatic carbocycles. The zero-order valence-corrected chi connectivity index (χ0v) is 20.0. The zero-order valence-electron chi connectivity index (χ0n) is 19.3.